The summed E-state index contributed by atoms with van der Waals surface area (Å²) in [7, 11) is 0. The molecule has 0 bridgehead atoms. The van der Waals surface area contributed by atoms with E-state index in [0.717, 1.165) is 5.56 Å². The highest BCUT2D eigenvalue weighted by atomic mass is 16.5. The lowest BCUT2D eigenvalue weighted by Crippen LogP contribution is -2.12. The van der Waals surface area contributed by atoms with E-state index in [4.69, 9.17) is 10.5 Å². The Balaban J connectivity index is 0. The lowest BCUT2D eigenvalue weighted by molar-refractivity contribution is 0.0999. The van der Waals surface area contributed by atoms with Gasteiger partial charge in [-0.15, -0.1) is 12.8 Å². The molecule has 0 radical (unpaired) electrons. The van der Waals surface area contributed by atoms with Crippen molar-refractivity contribution in [2.75, 3.05) is 0 Å². The number of carbonyl (C=O) groups excluding carboxylic acids is 1. The Labute approximate surface area is 110 Å². The highest BCUT2D eigenvalue weighted by Crippen LogP contribution is 2.17. The Hall–Kier alpha value is -1.95. The lowest BCUT2D eigenvalue weighted by Gasteiger charge is -2.11. The molecule has 0 fully saturated rings. The van der Waals surface area contributed by atoms with Gasteiger partial charge in [0.25, 0.3) is 0 Å². The van der Waals surface area contributed by atoms with E-state index in [1.165, 1.54) is 0 Å². The van der Waals surface area contributed by atoms with Crippen LogP contribution in [-0.4, -0.2) is 12.0 Å². The first-order chi connectivity index (χ1) is 8.49. The lowest BCUT2D eigenvalue weighted by atomic mass is 10.1. The molecule has 0 aliphatic carbocycles. The third-order valence-corrected chi connectivity index (χ3v) is 1.71. The van der Waals surface area contributed by atoms with Gasteiger partial charge in [0, 0.05) is 5.56 Å². The van der Waals surface area contributed by atoms with Crippen LogP contribution in [0.15, 0.2) is 18.2 Å². The number of nitrogens with two attached hydrogens (primary N) is 1. The molecule has 2 N–H and O–H groups in total. The molecule has 0 saturated carbocycles. The van der Waals surface area contributed by atoms with Gasteiger partial charge in [0.15, 0.2) is 0 Å². The predicted octanol–water partition coefficient (Wildman–Crippen LogP) is 3.16. The molecule has 0 aromatic heterocycles. The van der Waals surface area contributed by atoms with Crippen LogP contribution in [0.25, 0.3) is 0 Å². The van der Waals surface area contributed by atoms with Gasteiger partial charge in [0.1, 0.15) is 5.75 Å². The first-order valence-electron chi connectivity index (χ1n) is 5.90. The fourth-order valence-electron chi connectivity index (χ4n) is 1.23. The third-order valence-electron chi connectivity index (χ3n) is 1.71. The molecule has 0 aliphatic rings. The van der Waals surface area contributed by atoms with Gasteiger partial charge in [-0.3, -0.25) is 4.79 Å². The fraction of sp³-hybridized carbons (Fsp3) is 0.400. The number of amides is 1. The Morgan fingerprint density at radius 1 is 1.22 bits per heavy atom. The summed E-state index contributed by atoms with van der Waals surface area (Å²) in [5, 5.41) is 0. The molecule has 0 unspecified atom stereocenters. The summed E-state index contributed by atoms with van der Waals surface area (Å²) in [6.45, 7) is 9.78. The van der Waals surface area contributed by atoms with Crippen LogP contribution in [0.4, 0.5) is 0 Å². The van der Waals surface area contributed by atoms with Crippen LogP contribution >= 0.6 is 0 Å². The van der Waals surface area contributed by atoms with Gasteiger partial charge in [-0.05, 0) is 44.5 Å². The second-order valence-corrected chi connectivity index (χ2v) is 3.57. The van der Waals surface area contributed by atoms with Crippen molar-refractivity contribution in [2.45, 2.75) is 40.7 Å². The maximum Gasteiger partial charge on any atom is 0.248 e. The normalized spacial score (nSPS) is 8.44. The van der Waals surface area contributed by atoms with E-state index in [1.54, 1.807) is 12.1 Å². The van der Waals surface area contributed by atoms with E-state index in [2.05, 4.69) is 12.8 Å². The molecule has 0 spiro atoms. The minimum Gasteiger partial charge on any atom is -0.491 e. The molecule has 0 aliphatic heterocycles. The maximum atomic E-state index is 11.0. The van der Waals surface area contributed by atoms with Crippen molar-refractivity contribution in [3.05, 3.63) is 29.3 Å². The topological polar surface area (TPSA) is 52.3 Å². The van der Waals surface area contributed by atoms with E-state index in [1.807, 2.05) is 40.7 Å². The fourth-order valence-corrected chi connectivity index (χ4v) is 1.23. The predicted molar refractivity (Wildman–Crippen MR) is 76.7 cm³/mol. The molecule has 18 heavy (non-hydrogen) atoms. The number of rotatable bonds is 3. The molecule has 100 valence electrons. The average molecular weight is 249 g/mol. The second-order valence-electron chi connectivity index (χ2n) is 3.57. The zero-order valence-corrected chi connectivity index (χ0v) is 11.9. The minimum atomic E-state index is -0.428. The number of aryl methyl sites for hydroxylation is 1. The first kappa shape index (κ1) is 18.4. The van der Waals surface area contributed by atoms with Crippen molar-refractivity contribution >= 4 is 5.91 Å². The van der Waals surface area contributed by atoms with E-state index < -0.39 is 5.91 Å². The van der Waals surface area contributed by atoms with Crippen LogP contribution in [0.2, 0.25) is 0 Å². The van der Waals surface area contributed by atoms with Gasteiger partial charge in [0.2, 0.25) is 5.91 Å². The standard InChI is InChI=1S/C11H15NO2.C2H6.C2H2/c1-7(2)14-10-5-8(3)4-9(6-10)11(12)13;2*1-2/h4-7H,1-3H3,(H2,12,13);1-2H3;1-2H. The van der Waals surface area contributed by atoms with Crippen LogP contribution in [-0.2, 0) is 0 Å². The van der Waals surface area contributed by atoms with Crippen molar-refractivity contribution in [1.82, 2.24) is 0 Å². The van der Waals surface area contributed by atoms with Gasteiger partial charge >= 0.3 is 0 Å². The smallest absolute Gasteiger partial charge is 0.248 e. The zero-order valence-electron chi connectivity index (χ0n) is 11.9. The summed E-state index contributed by atoms with van der Waals surface area (Å²) in [6, 6.07) is 5.29. The van der Waals surface area contributed by atoms with Crippen molar-refractivity contribution in [1.29, 1.82) is 0 Å². The number of primary amides is 1. The third kappa shape index (κ3) is 7.34. The number of hydrogen-bond donors (Lipinski definition) is 1. The van der Waals surface area contributed by atoms with Gasteiger partial charge in [-0.1, -0.05) is 13.8 Å². The molecule has 1 aromatic carbocycles. The number of benzene rings is 1. The number of hydrogen-bond acceptors (Lipinski definition) is 2. The van der Waals surface area contributed by atoms with Crippen LogP contribution in [0.3, 0.4) is 0 Å². The Morgan fingerprint density at radius 2 is 1.72 bits per heavy atom. The van der Waals surface area contributed by atoms with E-state index in [-0.39, 0.29) is 6.10 Å². The molecule has 0 atom stereocenters. The van der Waals surface area contributed by atoms with Crippen LogP contribution in [0.5, 0.6) is 5.75 Å². The van der Waals surface area contributed by atoms with Crippen molar-refractivity contribution in [3.63, 3.8) is 0 Å². The molecule has 1 amide bonds. The Bertz CT molecular complexity index is 381. The number of carbonyl (C=O) groups is 1. The average Bonchev–Trinajstić information content (AvgIpc) is 2.32. The number of ether oxygens (including phenoxy) is 1. The molecule has 1 rings (SSSR count). The molecule has 0 heterocycles. The highest BCUT2D eigenvalue weighted by molar-refractivity contribution is 5.93. The molecule has 3 heteroatoms. The number of terminal acetylenes is 1. The Morgan fingerprint density at radius 3 is 2.11 bits per heavy atom. The molecule has 1 aromatic rings. The molecule has 0 saturated heterocycles. The van der Waals surface area contributed by atoms with Crippen LogP contribution < -0.4 is 10.5 Å². The largest absolute Gasteiger partial charge is 0.491 e. The minimum absolute atomic E-state index is 0.0949. The maximum absolute atomic E-state index is 11.0. The molecular formula is C15H23NO2. The summed E-state index contributed by atoms with van der Waals surface area (Å²) in [5.74, 6) is 0.260. The highest BCUT2D eigenvalue weighted by Gasteiger charge is 2.05. The van der Waals surface area contributed by atoms with Gasteiger partial charge in [-0.2, -0.15) is 0 Å². The van der Waals surface area contributed by atoms with Gasteiger partial charge in [0.05, 0.1) is 6.10 Å². The summed E-state index contributed by atoms with van der Waals surface area (Å²) < 4.78 is 5.48. The van der Waals surface area contributed by atoms with Crippen molar-refractivity contribution in [3.8, 4) is 18.6 Å². The summed E-state index contributed by atoms with van der Waals surface area (Å²) >= 11 is 0. The summed E-state index contributed by atoms with van der Waals surface area (Å²) in [6.07, 6.45) is 8.09. The van der Waals surface area contributed by atoms with Crippen LogP contribution in [0, 0.1) is 19.8 Å². The summed E-state index contributed by atoms with van der Waals surface area (Å²) in [4.78, 5) is 11.0. The second kappa shape index (κ2) is 10.2. The first-order valence-corrected chi connectivity index (χ1v) is 5.90. The SMILES string of the molecule is C#C.CC.Cc1cc(OC(C)C)cc(C(N)=O)c1. The van der Waals surface area contributed by atoms with Crippen LogP contribution in [0.1, 0.15) is 43.6 Å². The molecule has 3 nitrogen and oxygen atoms in total. The van der Waals surface area contributed by atoms with Gasteiger partial charge in [-0.25, -0.2) is 0 Å². The molecular weight excluding hydrogens is 226 g/mol. The van der Waals surface area contributed by atoms with E-state index in [0.29, 0.717) is 11.3 Å². The van der Waals surface area contributed by atoms with Crippen molar-refractivity contribution < 1.29 is 9.53 Å². The van der Waals surface area contributed by atoms with E-state index >= 15 is 0 Å². The quantitative estimate of drug-likeness (QED) is 0.837. The van der Waals surface area contributed by atoms with E-state index in [9.17, 15) is 4.79 Å². The monoisotopic (exact) mass is 249 g/mol. The van der Waals surface area contributed by atoms with Gasteiger partial charge < -0.3 is 10.5 Å². The van der Waals surface area contributed by atoms with Crippen molar-refractivity contribution in [2.24, 2.45) is 5.73 Å². The Kier molecular flexibility index (Phi) is 10.5. The zero-order chi connectivity index (χ0) is 14.7. The summed E-state index contributed by atoms with van der Waals surface area (Å²) in [5.41, 5.74) is 6.64.